The maximum atomic E-state index is 13.8. The van der Waals surface area contributed by atoms with Gasteiger partial charge in [0, 0.05) is 24.7 Å². The predicted octanol–water partition coefficient (Wildman–Crippen LogP) is 3.37. The molecule has 0 aliphatic carbocycles. The molecular weight excluding hydrogens is 502 g/mol. The van der Waals surface area contributed by atoms with Crippen molar-refractivity contribution in [3.05, 3.63) is 101 Å². The highest BCUT2D eigenvalue weighted by atomic mass is 19.1. The van der Waals surface area contributed by atoms with Gasteiger partial charge >= 0.3 is 0 Å². The van der Waals surface area contributed by atoms with E-state index >= 15 is 0 Å². The molecule has 0 saturated heterocycles. The molecule has 39 heavy (non-hydrogen) atoms. The van der Waals surface area contributed by atoms with E-state index in [4.69, 9.17) is 0 Å². The molecule has 3 aromatic carbocycles. The van der Waals surface area contributed by atoms with Gasteiger partial charge in [0.2, 0.25) is 11.7 Å². The number of aliphatic hydroxyl groups is 1. The van der Waals surface area contributed by atoms with Gasteiger partial charge in [0.1, 0.15) is 18.2 Å². The standard InChI is InChI=1S/C29H32F2N6O2/c1-3-20-5-4-6-21(11-20)16-32-17-27(38)26(14-22-12-24(30)15-25(31)13-22)33-28(39)18-37-35-29(34-36-37)23-9-7-19(2)8-10-23/h4-13,15,26-27,32,38H,3,14,16-18H2,1-2H3,(H,33,39). The third-order valence-corrected chi connectivity index (χ3v) is 6.32. The van der Waals surface area contributed by atoms with Crippen LogP contribution >= 0.6 is 0 Å². The fraction of sp³-hybridized carbons (Fsp3) is 0.310. The molecule has 1 amide bonds. The molecule has 204 valence electrons. The normalized spacial score (nSPS) is 12.7. The lowest BCUT2D eigenvalue weighted by atomic mass is 10.0. The second-order valence-corrected chi connectivity index (χ2v) is 9.54. The molecule has 4 aromatic rings. The topological polar surface area (TPSA) is 105 Å². The zero-order chi connectivity index (χ0) is 27.8. The highest BCUT2D eigenvalue weighted by Gasteiger charge is 2.23. The first-order valence-corrected chi connectivity index (χ1v) is 12.8. The van der Waals surface area contributed by atoms with Crippen molar-refractivity contribution in [2.45, 2.75) is 51.9 Å². The number of nitrogens with one attached hydrogen (secondary N) is 2. The monoisotopic (exact) mass is 534 g/mol. The molecule has 2 unspecified atom stereocenters. The first kappa shape index (κ1) is 28.0. The average Bonchev–Trinajstić information content (AvgIpc) is 3.36. The van der Waals surface area contributed by atoms with Crippen LogP contribution in [0.5, 0.6) is 0 Å². The van der Waals surface area contributed by atoms with E-state index in [1.54, 1.807) is 0 Å². The van der Waals surface area contributed by atoms with E-state index in [1.807, 2.05) is 43.3 Å². The second-order valence-electron chi connectivity index (χ2n) is 9.54. The van der Waals surface area contributed by atoms with Gasteiger partial charge in [-0.3, -0.25) is 4.79 Å². The lowest BCUT2D eigenvalue weighted by Gasteiger charge is -2.25. The Hall–Kier alpha value is -4.02. The van der Waals surface area contributed by atoms with E-state index in [2.05, 4.69) is 45.1 Å². The van der Waals surface area contributed by atoms with E-state index in [1.165, 1.54) is 17.7 Å². The number of rotatable bonds is 12. The van der Waals surface area contributed by atoms with Gasteiger partial charge in [-0.2, -0.15) is 4.80 Å². The molecule has 1 aromatic heterocycles. The van der Waals surface area contributed by atoms with Crippen molar-refractivity contribution < 1.29 is 18.7 Å². The van der Waals surface area contributed by atoms with Crippen LogP contribution < -0.4 is 10.6 Å². The highest BCUT2D eigenvalue weighted by molar-refractivity contribution is 5.76. The average molecular weight is 535 g/mol. The van der Waals surface area contributed by atoms with Gasteiger partial charge in [0.05, 0.1) is 12.1 Å². The van der Waals surface area contributed by atoms with E-state index in [0.29, 0.717) is 17.9 Å². The Morgan fingerprint density at radius 1 is 1.00 bits per heavy atom. The summed E-state index contributed by atoms with van der Waals surface area (Å²) < 4.78 is 27.6. The van der Waals surface area contributed by atoms with Crippen LogP contribution in [0.15, 0.2) is 66.7 Å². The lowest BCUT2D eigenvalue weighted by Crippen LogP contribution is -2.49. The molecule has 0 radical (unpaired) electrons. The second kappa shape index (κ2) is 13.2. The number of hydrogen-bond acceptors (Lipinski definition) is 6. The fourth-order valence-electron chi connectivity index (χ4n) is 4.24. The van der Waals surface area contributed by atoms with E-state index < -0.39 is 29.7 Å². The summed E-state index contributed by atoms with van der Waals surface area (Å²) in [5.74, 6) is -1.55. The number of amides is 1. The van der Waals surface area contributed by atoms with Crippen molar-refractivity contribution in [3.63, 3.8) is 0 Å². The zero-order valence-corrected chi connectivity index (χ0v) is 21.9. The van der Waals surface area contributed by atoms with Gasteiger partial charge in [0.15, 0.2) is 0 Å². The summed E-state index contributed by atoms with van der Waals surface area (Å²) in [5, 5.41) is 29.2. The van der Waals surface area contributed by atoms with Crippen molar-refractivity contribution >= 4 is 5.91 Å². The molecule has 3 N–H and O–H groups in total. The molecular formula is C29H32F2N6O2. The van der Waals surface area contributed by atoms with E-state index in [9.17, 15) is 18.7 Å². The molecule has 2 atom stereocenters. The molecule has 10 heteroatoms. The Balaban J connectivity index is 1.41. The molecule has 4 rings (SSSR count). The summed E-state index contributed by atoms with van der Waals surface area (Å²) in [6, 6.07) is 18.0. The lowest BCUT2D eigenvalue weighted by molar-refractivity contribution is -0.123. The van der Waals surface area contributed by atoms with Crippen LogP contribution in [0.1, 0.15) is 29.2 Å². The van der Waals surface area contributed by atoms with Crippen LogP contribution in [-0.2, 0) is 30.7 Å². The van der Waals surface area contributed by atoms with Crippen LogP contribution in [0.25, 0.3) is 11.4 Å². The molecule has 0 bridgehead atoms. The van der Waals surface area contributed by atoms with Crippen LogP contribution in [0.2, 0.25) is 0 Å². The first-order valence-electron chi connectivity index (χ1n) is 12.8. The number of aryl methyl sites for hydroxylation is 2. The van der Waals surface area contributed by atoms with Crippen LogP contribution in [0.3, 0.4) is 0 Å². The number of hydrogen-bond donors (Lipinski definition) is 3. The van der Waals surface area contributed by atoms with Crippen molar-refractivity contribution in [3.8, 4) is 11.4 Å². The molecule has 8 nitrogen and oxygen atoms in total. The van der Waals surface area contributed by atoms with Gasteiger partial charge < -0.3 is 15.7 Å². The SMILES string of the molecule is CCc1cccc(CNCC(O)C(Cc2cc(F)cc(F)c2)NC(=O)Cn2nnc(-c3ccc(C)cc3)n2)c1. The van der Waals surface area contributed by atoms with E-state index in [-0.39, 0.29) is 19.5 Å². The Bertz CT molecular complexity index is 1370. The molecule has 1 heterocycles. The summed E-state index contributed by atoms with van der Waals surface area (Å²) in [6.07, 6.45) is -0.0999. The molecule has 0 saturated carbocycles. The quantitative estimate of drug-likeness (QED) is 0.258. The number of tetrazole rings is 1. The number of carbonyl (C=O) groups is 1. The summed E-state index contributed by atoms with van der Waals surface area (Å²) in [4.78, 5) is 14.0. The smallest absolute Gasteiger partial charge is 0.243 e. The number of benzene rings is 3. The number of aromatic nitrogens is 4. The van der Waals surface area contributed by atoms with Crippen LogP contribution in [-0.4, -0.2) is 49.9 Å². The summed E-state index contributed by atoms with van der Waals surface area (Å²) in [5.41, 5.74) is 4.45. The Morgan fingerprint density at radius 2 is 1.72 bits per heavy atom. The minimum Gasteiger partial charge on any atom is -0.390 e. The molecule has 0 spiro atoms. The third-order valence-electron chi connectivity index (χ3n) is 6.32. The van der Waals surface area contributed by atoms with Gasteiger partial charge in [-0.25, -0.2) is 8.78 Å². The van der Waals surface area contributed by atoms with Crippen molar-refractivity contribution in [2.24, 2.45) is 0 Å². The van der Waals surface area contributed by atoms with Gasteiger partial charge in [0.25, 0.3) is 0 Å². The molecule has 0 aliphatic heterocycles. The Kier molecular flexibility index (Phi) is 9.45. The first-order chi connectivity index (χ1) is 18.8. The minimum absolute atomic E-state index is 0.0218. The molecule has 0 fully saturated rings. The van der Waals surface area contributed by atoms with Crippen molar-refractivity contribution in [1.82, 2.24) is 30.8 Å². The summed E-state index contributed by atoms with van der Waals surface area (Å²) in [7, 11) is 0. The fourth-order valence-corrected chi connectivity index (χ4v) is 4.24. The Labute approximate surface area is 226 Å². The maximum Gasteiger partial charge on any atom is 0.243 e. The van der Waals surface area contributed by atoms with E-state index in [0.717, 1.165) is 34.0 Å². The zero-order valence-electron chi connectivity index (χ0n) is 21.9. The largest absolute Gasteiger partial charge is 0.390 e. The minimum atomic E-state index is -1.04. The van der Waals surface area contributed by atoms with Crippen molar-refractivity contribution in [1.29, 1.82) is 0 Å². The Morgan fingerprint density at radius 3 is 2.44 bits per heavy atom. The number of halogens is 2. The maximum absolute atomic E-state index is 13.8. The van der Waals surface area contributed by atoms with Gasteiger partial charge in [-0.05, 0) is 53.8 Å². The number of aliphatic hydroxyl groups excluding tert-OH is 1. The summed E-state index contributed by atoms with van der Waals surface area (Å²) >= 11 is 0. The third kappa shape index (κ3) is 8.23. The number of nitrogens with zero attached hydrogens (tertiary/aromatic N) is 4. The predicted molar refractivity (Wildman–Crippen MR) is 144 cm³/mol. The highest BCUT2D eigenvalue weighted by Crippen LogP contribution is 2.15. The van der Waals surface area contributed by atoms with Crippen molar-refractivity contribution in [2.75, 3.05) is 6.54 Å². The van der Waals surface area contributed by atoms with Gasteiger partial charge in [-0.1, -0.05) is 61.0 Å². The van der Waals surface area contributed by atoms with Gasteiger partial charge in [-0.15, -0.1) is 10.2 Å². The van der Waals surface area contributed by atoms with Crippen LogP contribution in [0.4, 0.5) is 8.78 Å². The summed E-state index contributed by atoms with van der Waals surface area (Å²) in [6.45, 7) is 4.48. The van der Waals surface area contributed by atoms with Crippen LogP contribution in [0, 0.1) is 18.6 Å². The number of carbonyl (C=O) groups excluding carboxylic acids is 1. The molecule has 0 aliphatic rings.